The van der Waals surface area contributed by atoms with Gasteiger partial charge in [0.05, 0.1) is 15.6 Å². The summed E-state index contributed by atoms with van der Waals surface area (Å²) in [5.74, 6) is -1.58. The second-order valence-corrected chi connectivity index (χ2v) is 4.95. The standard InChI is InChI=1S/C11H7ClF2N2O2S/c12-8-2-7(13)3-9(14)11(8)15-4-6-1-10(16(17)18)19-5-6/h1-3,5,15H,4H2. The molecule has 0 unspecified atom stereocenters. The molecule has 1 heterocycles. The summed E-state index contributed by atoms with van der Waals surface area (Å²) < 4.78 is 26.3. The molecule has 19 heavy (non-hydrogen) atoms. The minimum Gasteiger partial charge on any atom is -0.377 e. The molecule has 2 rings (SSSR count). The van der Waals surface area contributed by atoms with Crippen molar-refractivity contribution in [3.63, 3.8) is 0 Å². The topological polar surface area (TPSA) is 55.2 Å². The summed E-state index contributed by atoms with van der Waals surface area (Å²) in [4.78, 5) is 10.0. The number of nitro groups is 1. The van der Waals surface area contributed by atoms with Gasteiger partial charge < -0.3 is 5.32 Å². The Bertz CT molecular complexity index is 610. The van der Waals surface area contributed by atoms with E-state index in [0.717, 1.165) is 17.4 Å². The summed E-state index contributed by atoms with van der Waals surface area (Å²) in [5.41, 5.74) is 0.591. The smallest absolute Gasteiger partial charge is 0.324 e. The van der Waals surface area contributed by atoms with Gasteiger partial charge in [0.1, 0.15) is 5.82 Å². The first-order valence-electron chi connectivity index (χ1n) is 5.07. The summed E-state index contributed by atoms with van der Waals surface area (Å²) in [6.07, 6.45) is 0. The fraction of sp³-hybridized carbons (Fsp3) is 0.0909. The minimum atomic E-state index is -0.810. The molecule has 100 valence electrons. The lowest BCUT2D eigenvalue weighted by molar-refractivity contribution is -0.380. The van der Waals surface area contributed by atoms with E-state index in [1.54, 1.807) is 5.38 Å². The monoisotopic (exact) mass is 304 g/mol. The van der Waals surface area contributed by atoms with Gasteiger partial charge in [0, 0.05) is 24.1 Å². The van der Waals surface area contributed by atoms with Gasteiger partial charge in [-0.25, -0.2) is 8.78 Å². The van der Waals surface area contributed by atoms with Crippen LogP contribution in [0.5, 0.6) is 0 Å². The van der Waals surface area contributed by atoms with Crippen molar-refractivity contribution in [2.24, 2.45) is 0 Å². The average Bonchev–Trinajstić information content (AvgIpc) is 2.76. The van der Waals surface area contributed by atoms with Crippen molar-refractivity contribution >= 4 is 33.6 Å². The van der Waals surface area contributed by atoms with Crippen molar-refractivity contribution in [3.05, 3.63) is 55.9 Å². The second-order valence-electron chi connectivity index (χ2n) is 3.65. The second kappa shape index (κ2) is 5.50. The first-order chi connectivity index (χ1) is 8.97. The van der Waals surface area contributed by atoms with E-state index in [0.29, 0.717) is 11.6 Å². The largest absolute Gasteiger partial charge is 0.377 e. The lowest BCUT2D eigenvalue weighted by Crippen LogP contribution is -2.02. The van der Waals surface area contributed by atoms with Crippen LogP contribution in [-0.4, -0.2) is 4.92 Å². The van der Waals surface area contributed by atoms with E-state index in [9.17, 15) is 18.9 Å². The maximum Gasteiger partial charge on any atom is 0.324 e. The fourth-order valence-corrected chi connectivity index (χ4v) is 2.44. The first-order valence-corrected chi connectivity index (χ1v) is 6.33. The van der Waals surface area contributed by atoms with Crippen LogP contribution in [0.3, 0.4) is 0 Å². The Morgan fingerprint density at radius 1 is 1.37 bits per heavy atom. The highest BCUT2D eigenvalue weighted by molar-refractivity contribution is 7.13. The Hall–Kier alpha value is -1.73. The van der Waals surface area contributed by atoms with Gasteiger partial charge >= 0.3 is 5.00 Å². The van der Waals surface area contributed by atoms with Crippen LogP contribution in [0.2, 0.25) is 5.02 Å². The lowest BCUT2D eigenvalue weighted by Gasteiger charge is -2.08. The molecule has 1 N–H and O–H groups in total. The number of nitrogens with one attached hydrogen (secondary N) is 1. The summed E-state index contributed by atoms with van der Waals surface area (Å²) in [5, 5.41) is 14.7. The van der Waals surface area contributed by atoms with E-state index >= 15 is 0 Å². The van der Waals surface area contributed by atoms with Gasteiger partial charge in [0.2, 0.25) is 0 Å². The zero-order chi connectivity index (χ0) is 14.0. The van der Waals surface area contributed by atoms with Crippen molar-refractivity contribution in [2.75, 3.05) is 5.32 Å². The van der Waals surface area contributed by atoms with Crippen molar-refractivity contribution < 1.29 is 13.7 Å². The van der Waals surface area contributed by atoms with Gasteiger partial charge in [0.15, 0.2) is 5.82 Å². The van der Waals surface area contributed by atoms with Gasteiger partial charge in [-0.2, -0.15) is 0 Å². The van der Waals surface area contributed by atoms with Crippen LogP contribution in [0.25, 0.3) is 0 Å². The third kappa shape index (κ3) is 3.18. The molecule has 0 saturated heterocycles. The number of hydrogen-bond acceptors (Lipinski definition) is 4. The van der Waals surface area contributed by atoms with E-state index in [4.69, 9.17) is 11.6 Å². The molecule has 0 aliphatic carbocycles. The third-order valence-electron chi connectivity index (χ3n) is 2.30. The highest BCUT2D eigenvalue weighted by Gasteiger charge is 2.12. The van der Waals surface area contributed by atoms with Crippen LogP contribution < -0.4 is 5.32 Å². The molecular formula is C11H7ClF2N2O2S. The predicted molar refractivity (Wildman–Crippen MR) is 69.7 cm³/mol. The van der Waals surface area contributed by atoms with Crippen LogP contribution in [0.4, 0.5) is 19.5 Å². The number of rotatable bonds is 4. The van der Waals surface area contributed by atoms with E-state index in [1.807, 2.05) is 0 Å². The molecule has 0 aliphatic heterocycles. The van der Waals surface area contributed by atoms with Crippen molar-refractivity contribution in [2.45, 2.75) is 6.54 Å². The third-order valence-corrected chi connectivity index (χ3v) is 3.52. The number of hydrogen-bond donors (Lipinski definition) is 1. The molecule has 0 radical (unpaired) electrons. The van der Waals surface area contributed by atoms with E-state index in [2.05, 4.69) is 5.32 Å². The van der Waals surface area contributed by atoms with Crippen molar-refractivity contribution in [3.8, 4) is 0 Å². The van der Waals surface area contributed by atoms with E-state index in [1.165, 1.54) is 6.07 Å². The molecule has 8 heteroatoms. The Morgan fingerprint density at radius 3 is 2.68 bits per heavy atom. The molecule has 0 bridgehead atoms. The summed E-state index contributed by atoms with van der Waals surface area (Å²) in [6.45, 7) is 0.159. The molecule has 0 atom stereocenters. The predicted octanol–water partition coefficient (Wildman–Crippen LogP) is 4.20. The number of halogens is 3. The summed E-state index contributed by atoms with van der Waals surface area (Å²) in [6, 6.07) is 3.08. The molecule has 2 aromatic rings. The van der Waals surface area contributed by atoms with E-state index in [-0.39, 0.29) is 22.3 Å². The fourth-order valence-electron chi connectivity index (χ4n) is 1.45. The highest BCUT2D eigenvalue weighted by Crippen LogP contribution is 2.28. The molecule has 1 aromatic carbocycles. The molecule has 4 nitrogen and oxygen atoms in total. The molecule has 0 spiro atoms. The number of benzene rings is 1. The number of thiophene rings is 1. The first kappa shape index (κ1) is 13.7. The Balaban J connectivity index is 2.12. The van der Waals surface area contributed by atoms with Gasteiger partial charge in [0.25, 0.3) is 0 Å². The van der Waals surface area contributed by atoms with Crippen molar-refractivity contribution in [1.29, 1.82) is 0 Å². The van der Waals surface area contributed by atoms with Crippen LogP contribution >= 0.6 is 22.9 Å². The van der Waals surface area contributed by atoms with E-state index < -0.39 is 16.6 Å². The quantitative estimate of drug-likeness (QED) is 0.680. The zero-order valence-electron chi connectivity index (χ0n) is 9.32. The minimum absolute atomic E-state index is 0.00229. The number of anilines is 1. The van der Waals surface area contributed by atoms with Gasteiger partial charge in [-0.1, -0.05) is 22.9 Å². The number of nitrogens with zero attached hydrogens (tertiary/aromatic N) is 1. The molecule has 0 saturated carbocycles. The molecule has 0 fully saturated rings. The summed E-state index contributed by atoms with van der Waals surface area (Å²) >= 11 is 6.69. The normalized spacial score (nSPS) is 10.5. The SMILES string of the molecule is O=[N+]([O-])c1cc(CNc2c(F)cc(F)cc2Cl)cs1. The zero-order valence-corrected chi connectivity index (χ0v) is 10.9. The Morgan fingerprint density at radius 2 is 2.11 bits per heavy atom. The molecule has 0 aliphatic rings. The summed E-state index contributed by atoms with van der Waals surface area (Å²) in [7, 11) is 0. The van der Waals surface area contributed by atoms with Crippen LogP contribution in [0, 0.1) is 21.7 Å². The Labute approximate surface area is 115 Å². The molecule has 0 amide bonds. The van der Waals surface area contributed by atoms with Crippen molar-refractivity contribution in [1.82, 2.24) is 0 Å². The maximum absolute atomic E-state index is 13.5. The van der Waals surface area contributed by atoms with Crippen LogP contribution in [-0.2, 0) is 6.54 Å². The maximum atomic E-state index is 13.5. The molecule has 1 aromatic heterocycles. The average molecular weight is 305 g/mol. The lowest BCUT2D eigenvalue weighted by atomic mass is 10.2. The van der Waals surface area contributed by atoms with Gasteiger partial charge in [-0.3, -0.25) is 10.1 Å². The van der Waals surface area contributed by atoms with Crippen LogP contribution in [0.1, 0.15) is 5.56 Å². The Kier molecular flexibility index (Phi) is 3.96. The van der Waals surface area contributed by atoms with Gasteiger partial charge in [-0.05, 0) is 11.6 Å². The van der Waals surface area contributed by atoms with Gasteiger partial charge in [-0.15, -0.1) is 0 Å². The van der Waals surface area contributed by atoms with Crippen LogP contribution in [0.15, 0.2) is 23.6 Å². The highest BCUT2D eigenvalue weighted by atomic mass is 35.5. The molecular weight excluding hydrogens is 298 g/mol.